The molecule has 0 saturated carbocycles. The van der Waals surface area contributed by atoms with Gasteiger partial charge in [-0.1, -0.05) is 26.0 Å². The fourth-order valence-electron chi connectivity index (χ4n) is 3.39. The van der Waals surface area contributed by atoms with Crippen molar-refractivity contribution in [1.29, 1.82) is 0 Å². The first-order valence-corrected chi connectivity index (χ1v) is 9.66. The second kappa shape index (κ2) is 12.4. The van der Waals surface area contributed by atoms with Crippen LogP contribution in [-0.4, -0.2) is 68.2 Å². The molecule has 2 unspecified atom stereocenters. The summed E-state index contributed by atoms with van der Waals surface area (Å²) in [5.41, 5.74) is 0. The molecule has 2 rings (SSSR count). The Morgan fingerprint density at radius 3 is 2.70 bits per heavy atom. The maximum absolute atomic E-state index is 13.7. The van der Waals surface area contributed by atoms with Crippen molar-refractivity contribution >= 4 is 29.9 Å². The molecular weight excluding hydrogens is 458 g/mol. The minimum atomic E-state index is -0.331. The van der Waals surface area contributed by atoms with Crippen molar-refractivity contribution in [2.24, 2.45) is 10.9 Å². The standard InChI is InChI=1S/C20H33FN4O.HI/c1-5-24(6-2)14-17-11-12-25(15-17)20(22-4)23-13-16(3)26-19-10-8-7-9-18(19)21;/h7-10,16-17H,5-6,11-15H2,1-4H3,(H,22,23);1H. The number of likely N-dealkylation sites (tertiary alicyclic amines) is 1. The van der Waals surface area contributed by atoms with Crippen molar-refractivity contribution in [2.45, 2.75) is 33.3 Å². The van der Waals surface area contributed by atoms with E-state index in [1.165, 1.54) is 12.5 Å². The Morgan fingerprint density at radius 2 is 2.07 bits per heavy atom. The van der Waals surface area contributed by atoms with Crippen molar-refractivity contribution in [3.63, 3.8) is 0 Å². The Hall–Kier alpha value is -1.09. The first-order valence-electron chi connectivity index (χ1n) is 9.66. The number of para-hydroxylation sites is 1. The number of guanidine groups is 1. The molecule has 1 aliphatic rings. The van der Waals surface area contributed by atoms with Gasteiger partial charge in [-0.3, -0.25) is 4.99 Å². The highest BCUT2D eigenvalue weighted by Gasteiger charge is 2.26. The van der Waals surface area contributed by atoms with Gasteiger partial charge in [-0.05, 0) is 44.5 Å². The van der Waals surface area contributed by atoms with Crippen LogP contribution in [0.4, 0.5) is 4.39 Å². The molecule has 0 amide bonds. The highest BCUT2D eigenvalue weighted by molar-refractivity contribution is 14.0. The zero-order chi connectivity index (χ0) is 18.9. The first-order chi connectivity index (χ1) is 12.6. The lowest BCUT2D eigenvalue weighted by Crippen LogP contribution is -2.44. The van der Waals surface area contributed by atoms with Crippen LogP contribution in [0.5, 0.6) is 5.75 Å². The summed E-state index contributed by atoms with van der Waals surface area (Å²) in [7, 11) is 1.81. The van der Waals surface area contributed by atoms with Gasteiger partial charge in [0.05, 0.1) is 6.54 Å². The monoisotopic (exact) mass is 492 g/mol. The van der Waals surface area contributed by atoms with Gasteiger partial charge in [-0.2, -0.15) is 0 Å². The Kier molecular flexibility index (Phi) is 11.0. The highest BCUT2D eigenvalue weighted by Crippen LogP contribution is 2.18. The Labute approximate surface area is 180 Å². The van der Waals surface area contributed by atoms with Crippen LogP contribution >= 0.6 is 24.0 Å². The van der Waals surface area contributed by atoms with Gasteiger partial charge < -0.3 is 19.9 Å². The average Bonchev–Trinajstić information content (AvgIpc) is 3.10. The number of ether oxygens (including phenoxy) is 1. The summed E-state index contributed by atoms with van der Waals surface area (Å²) in [6.45, 7) is 12.3. The van der Waals surface area contributed by atoms with Crippen LogP contribution in [-0.2, 0) is 0 Å². The van der Waals surface area contributed by atoms with Gasteiger partial charge in [0.1, 0.15) is 6.10 Å². The third-order valence-corrected chi connectivity index (χ3v) is 4.92. The molecule has 5 nitrogen and oxygen atoms in total. The van der Waals surface area contributed by atoms with E-state index >= 15 is 0 Å². The van der Waals surface area contributed by atoms with E-state index in [1.807, 2.05) is 14.0 Å². The normalized spacial score (nSPS) is 18.4. The number of hydrogen-bond acceptors (Lipinski definition) is 3. The Balaban J connectivity index is 0.00000364. The lowest BCUT2D eigenvalue weighted by molar-refractivity contribution is 0.212. The van der Waals surface area contributed by atoms with Crippen LogP contribution in [0.15, 0.2) is 29.3 Å². The van der Waals surface area contributed by atoms with Crippen LogP contribution in [0, 0.1) is 11.7 Å². The van der Waals surface area contributed by atoms with Crippen LogP contribution in [0.3, 0.4) is 0 Å². The van der Waals surface area contributed by atoms with Crippen molar-refractivity contribution in [2.75, 3.05) is 46.3 Å². The predicted octanol–water partition coefficient (Wildman–Crippen LogP) is 3.45. The van der Waals surface area contributed by atoms with Crippen LogP contribution < -0.4 is 10.1 Å². The van der Waals surface area contributed by atoms with Crippen molar-refractivity contribution in [3.8, 4) is 5.75 Å². The van der Waals surface area contributed by atoms with Gasteiger partial charge >= 0.3 is 0 Å². The molecule has 154 valence electrons. The summed E-state index contributed by atoms with van der Waals surface area (Å²) in [6.07, 6.45) is 1.04. The Morgan fingerprint density at radius 1 is 1.37 bits per heavy atom. The summed E-state index contributed by atoms with van der Waals surface area (Å²) < 4.78 is 19.4. The number of benzene rings is 1. The van der Waals surface area contributed by atoms with Gasteiger partial charge in [0.15, 0.2) is 17.5 Å². The number of halogens is 2. The van der Waals surface area contributed by atoms with E-state index in [1.54, 1.807) is 18.2 Å². The molecule has 1 aromatic rings. The molecule has 1 aromatic carbocycles. The molecule has 0 aliphatic carbocycles. The van der Waals surface area contributed by atoms with Gasteiger partial charge in [-0.15, -0.1) is 24.0 Å². The highest BCUT2D eigenvalue weighted by atomic mass is 127. The van der Waals surface area contributed by atoms with E-state index < -0.39 is 0 Å². The lowest BCUT2D eigenvalue weighted by Gasteiger charge is -2.25. The van der Waals surface area contributed by atoms with Gasteiger partial charge in [-0.25, -0.2) is 4.39 Å². The summed E-state index contributed by atoms with van der Waals surface area (Å²) in [6, 6.07) is 6.50. The fourth-order valence-corrected chi connectivity index (χ4v) is 3.39. The molecular formula is C20H34FIN4O. The zero-order valence-electron chi connectivity index (χ0n) is 16.9. The number of rotatable bonds is 8. The van der Waals surface area contributed by atoms with E-state index in [4.69, 9.17) is 4.74 Å². The molecule has 1 saturated heterocycles. The van der Waals surface area contributed by atoms with E-state index in [2.05, 4.69) is 34.0 Å². The molecule has 2 atom stereocenters. The zero-order valence-corrected chi connectivity index (χ0v) is 19.3. The molecule has 0 aromatic heterocycles. The molecule has 0 bridgehead atoms. The minimum absolute atomic E-state index is 0. The number of hydrogen-bond donors (Lipinski definition) is 1. The minimum Gasteiger partial charge on any atom is -0.486 e. The summed E-state index contributed by atoms with van der Waals surface area (Å²) >= 11 is 0. The van der Waals surface area contributed by atoms with E-state index in [0.29, 0.717) is 12.5 Å². The third-order valence-electron chi connectivity index (χ3n) is 4.92. The molecule has 0 spiro atoms. The number of nitrogens with one attached hydrogen (secondary N) is 1. The second-order valence-corrected chi connectivity index (χ2v) is 6.87. The predicted molar refractivity (Wildman–Crippen MR) is 121 cm³/mol. The molecule has 27 heavy (non-hydrogen) atoms. The fraction of sp³-hybridized carbons (Fsp3) is 0.650. The number of nitrogens with zero attached hydrogens (tertiary/aromatic N) is 3. The van der Waals surface area contributed by atoms with E-state index in [0.717, 1.165) is 38.7 Å². The molecule has 1 fully saturated rings. The molecule has 1 N–H and O–H groups in total. The van der Waals surface area contributed by atoms with Crippen molar-refractivity contribution in [3.05, 3.63) is 30.1 Å². The smallest absolute Gasteiger partial charge is 0.193 e. The quantitative estimate of drug-likeness (QED) is 0.343. The van der Waals surface area contributed by atoms with Crippen LogP contribution in [0.1, 0.15) is 27.2 Å². The topological polar surface area (TPSA) is 40.1 Å². The van der Waals surface area contributed by atoms with Crippen LogP contribution in [0.25, 0.3) is 0 Å². The maximum Gasteiger partial charge on any atom is 0.193 e. The third kappa shape index (κ3) is 7.44. The summed E-state index contributed by atoms with van der Waals surface area (Å²) in [4.78, 5) is 9.20. The summed E-state index contributed by atoms with van der Waals surface area (Å²) in [5.74, 6) is 1.54. The van der Waals surface area contributed by atoms with Crippen LogP contribution in [0.2, 0.25) is 0 Å². The lowest BCUT2D eigenvalue weighted by atomic mass is 10.1. The Bertz CT molecular complexity index is 583. The molecule has 1 aliphatic heterocycles. The van der Waals surface area contributed by atoms with E-state index in [-0.39, 0.29) is 41.6 Å². The second-order valence-electron chi connectivity index (χ2n) is 6.87. The van der Waals surface area contributed by atoms with Gasteiger partial charge in [0, 0.05) is 26.7 Å². The van der Waals surface area contributed by atoms with Gasteiger partial charge in [0.25, 0.3) is 0 Å². The van der Waals surface area contributed by atoms with Crippen molar-refractivity contribution < 1.29 is 9.13 Å². The molecule has 1 heterocycles. The average molecular weight is 492 g/mol. The molecule has 0 radical (unpaired) electrons. The van der Waals surface area contributed by atoms with E-state index in [9.17, 15) is 4.39 Å². The van der Waals surface area contributed by atoms with Gasteiger partial charge in [0.2, 0.25) is 0 Å². The number of aliphatic imine (C=N–C) groups is 1. The summed E-state index contributed by atoms with van der Waals surface area (Å²) in [5, 5.41) is 3.37. The largest absolute Gasteiger partial charge is 0.486 e. The SMILES string of the molecule is CCN(CC)CC1CCN(C(=NC)NCC(C)Oc2ccccc2F)C1.I. The van der Waals surface area contributed by atoms with Crippen molar-refractivity contribution in [1.82, 2.24) is 15.1 Å². The maximum atomic E-state index is 13.7. The first kappa shape index (κ1) is 23.9. The molecule has 7 heteroatoms.